The number of nitrogens with zero attached hydrogens (tertiary/aromatic N) is 4. The van der Waals surface area contributed by atoms with Gasteiger partial charge in [0.25, 0.3) is 5.91 Å². The predicted octanol–water partition coefficient (Wildman–Crippen LogP) is 6.03. The van der Waals surface area contributed by atoms with Crippen molar-refractivity contribution >= 4 is 51.4 Å². The Morgan fingerprint density at radius 3 is 2.53 bits per heavy atom. The average molecular weight is 488 g/mol. The van der Waals surface area contributed by atoms with Crippen LogP contribution in [0.2, 0.25) is 5.02 Å². The number of benzene rings is 2. The molecule has 0 unspecified atom stereocenters. The highest BCUT2D eigenvalue weighted by molar-refractivity contribution is 8.27. The molecule has 6 nitrogen and oxygen atoms in total. The van der Waals surface area contributed by atoms with E-state index in [0.29, 0.717) is 10.2 Å². The van der Waals surface area contributed by atoms with Gasteiger partial charge in [-0.05, 0) is 80.4 Å². The summed E-state index contributed by atoms with van der Waals surface area (Å²) in [4.78, 5) is 17.1. The third kappa shape index (κ3) is 3.71. The molecule has 0 saturated carbocycles. The Labute approximate surface area is 207 Å². The number of carbonyl (C=O) groups is 1. The average Bonchev–Trinajstić information content (AvgIpc) is 3.34. The van der Waals surface area contributed by atoms with Crippen LogP contribution in [-0.2, 0) is 4.79 Å². The molecule has 1 N–H and O–H groups in total. The molecular formula is C26H22ClN5OS. The molecule has 0 bridgehead atoms. The van der Waals surface area contributed by atoms with Crippen molar-refractivity contribution in [1.82, 2.24) is 9.58 Å². The van der Waals surface area contributed by atoms with E-state index in [4.69, 9.17) is 17.0 Å². The normalized spacial score (nSPS) is 16.7. The molecule has 170 valence electrons. The van der Waals surface area contributed by atoms with Gasteiger partial charge in [-0.3, -0.25) is 10.2 Å². The molecule has 1 amide bonds. The summed E-state index contributed by atoms with van der Waals surface area (Å²) in [5.74, 6) is -0.414. The van der Waals surface area contributed by atoms with Gasteiger partial charge >= 0.3 is 0 Å². The number of fused-ring (bicyclic) bond motifs is 1. The Bertz CT molecular complexity index is 1480. The maximum Gasteiger partial charge on any atom is 0.283 e. The number of aryl methyl sites for hydroxylation is 3. The van der Waals surface area contributed by atoms with Crippen LogP contribution in [0, 0.1) is 33.1 Å². The second-order valence-corrected chi connectivity index (χ2v) is 9.70. The lowest BCUT2D eigenvalue weighted by atomic mass is 10.1. The van der Waals surface area contributed by atoms with Crippen molar-refractivity contribution in [3.05, 3.63) is 92.8 Å². The van der Waals surface area contributed by atoms with E-state index in [2.05, 4.69) is 14.7 Å². The number of hydrazone groups is 1. The predicted molar refractivity (Wildman–Crippen MR) is 140 cm³/mol. The first-order valence-corrected chi connectivity index (χ1v) is 12.0. The summed E-state index contributed by atoms with van der Waals surface area (Å²) in [6, 6.07) is 15.8. The molecule has 3 aromatic rings. The maximum atomic E-state index is 12.9. The van der Waals surface area contributed by atoms with Crippen LogP contribution < -0.4 is 0 Å². The SMILES string of the molecule is Cc1ccc(-n2c(C)cc(/C=C3/C(=N)N4N=C(c5ccccc5C)SC4=NC3=O)c2C)cc1Cl. The molecule has 1 aromatic heterocycles. The molecule has 0 radical (unpaired) electrons. The molecule has 0 fully saturated rings. The minimum atomic E-state index is -0.437. The zero-order valence-corrected chi connectivity index (χ0v) is 20.8. The molecule has 8 heteroatoms. The van der Waals surface area contributed by atoms with Gasteiger partial charge in [-0.15, -0.1) is 0 Å². The van der Waals surface area contributed by atoms with Crippen molar-refractivity contribution in [3.8, 4) is 5.69 Å². The van der Waals surface area contributed by atoms with Gasteiger partial charge in [-0.1, -0.05) is 41.9 Å². The van der Waals surface area contributed by atoms with Crippen LogP contribution in [-0.4, -0.2) is 31.5 Å². The van der Waals surface area contributed by atoms with Gasteiger partial charge in [0.05, 0.1) is 5.57 Å². The number of amides is 1. The smallest absolute Gasteiger partial charge is 0.283 e. The monoisotopic (exact) mass is 487 g/mol. The molecule has 0 atom stereocenters. The van der Waals surface area contributed by atoms with E-state index >= 15 is 0 Å². The zero-order chi connectivity index (χ0) is 24.1. The molecular weight excluding hydrogens is 466 g/mol. The number of aromatic nitrogens is 1. The van der Waals surface area contributed by atoms with Gasteiger partial charge in [0.2, 0.25) is 5.17 Å². The van der Waals surface area contributed by atoms with E-state index in [-0.39, 0.29) is 11.4 Å². The fraction of sp³-hybridized carbons (Fsp3) is 0.154. The Hall–Kier alpha value is -3.42. The first-order chi connectivity index (χ1) is 16.2. The lowest BCUT2D eigenvalue weighted by Gasteiger charge is -2.20. The van der Waals surface area contributed by atoms with Crippen molar-refractivity contribution in [2.75, 3.05) is 0 Å². The van der Waals surface area contributed by atoms with Crippen LogP contribution >= 0.6 is 23.4 Å². The molecule has 3 heterocycles. The van der Waals surface area contributed by atoms with Crippen molar-refractivity contribution in [2.45, 2.75) is 27.7 Å². The van der Waals surface area contributed by atoms with Gasteiger partial charge in [0, 0.05) is 27.7 Å². The van der Waals surface area contributed by atoms with Crippen molar-refractivity contribution in [1.29, 1.82) is 5.41 Å². The summed E-state index contributed by atoms with van der Waals surface area (Å²) in [6.45, 7) is 7.97. The van der Waals surface area contributed by atoms with Gasteiger partial charge in [0.1, 0.15) is 5.04 Å². The Morgan fingerprint density at radius 1 is 1.03 bits per heavy atom. The summed E-state index contributed by atoms with van der Waals surface area (Å²) < 4.78 is 2.09. The number of nitrogens with one attached hydrogen (secondary N) is 1. The molecule has 5 rings (SSSR count). The van der Waals surface area contributed by atoms with Crippen molar-refractivity contribution in [2.24, 2.45) is 10.1 Å². The molecule has 2 aromatic carbocycles. The Balaban J connectivity index is 1.52. The van der Waals surface area contributed by atoms with Crippen LogP contribution in [0.25, 0.3) is 11.8 Å². The molecule has 0 spiro atoms. The Morgan fingerprint density at radius 2 is 1.79 bits per heavy atom. The third-order valence-corrected chi connectivity index (χ3v) is 7.36. The largest absolute Gasteiger partial charge is 0.318 e. The summed E-state index contributed by atoms with van der Waals surface area (Å²) in [5, 5.41) is 16.6. The topological polar surface area (TPSA) is 73.8 Å². The number of hydrogen-bond acceptors (Lipinski definition) is 4. The maximum absolute atomic E-state index is 12.9. The van der Waals surface area contributed by atoms with E-state index in [1.165, 1.54) is 16.8 Å². The molecule has 0 aliphatic carbocycles. The fourth-order valence-corrected chi connectivity index (χ4v) is 5.28. The lowest BCUT2D eigenvalue weighted by molar-refractivity contribution is -0.114. The summed E-state index contributed by atoms with van der Waals surface area (Å²) in [7, 11) is 0. The number of thioether (sulfide) groups is 1. The van der Waals surface area contributed by atoms with E-state index in [1.807, 2.05) is 76.2 Å². The third-order valence-electron chi connectivity index (χ3n) is 6.01. The van der Waals surface area contributed by atoms with E-state index in [9.17, 15) is 4.79 Å². The first-order valence-electron chi connectivity index (χ1n) is 10.8. The highest BCUT2D eigenvalue weighted by Crippen LogP contribution is 2.33. The quantitative estimate of drug-likeness (QED) is 0.458. The molecule has 34 heavy (non-hydrogen) atoms. The number of halogens is 1. The zero-order valence-electron chi connectivity index (χ0n) is 19.2. The molecule has 0 saturated heterocycles. The minimum absolute atomic E-state index is 0.0225. The first kappa shape index (κ1) is 22.4. The number of aliphatic imine (C=N–C) groups is 1. The van der Waals surface area contributed by atoms with Crippen molar-refractivity contribution in [3.63, 3.8) is 0 Å². The van der Waals surface area contributed by atoms with Crippen molar-refractivity contribution < 1.29 is 4.79 Å². The summed E-state index contributed by atoms with van der Waals surface area (Å²) in [6.07, 6.45) is 1.73. The second kappa shape index (κ2) is 8.42. The summed E-state index contributed by atoms with van der Waals surface area (Å²) >= 11 is 7.66. The lowest BCUT2D eigenvalue weighted by Crippen LogP contribution is -2.35. The van der Waals surface area contributed by atoms with Gasteiger partial charge in [-0.25, -0.2) is 0 Å². The van der Waals surface area contributed by atoms with E-state index in [1.54, 1.807) is 6.08 Å². The van der Waals surface area contributed by atoms with Gasteiger partial charge < -0.3 is 4.57 Å². The Kier molecular flexibility index (Phi) is 5.54. The van der Waals surface area contributed by atoms with Crippen LogP contribution in [0.3, 0.4) is 0 Å². The number of hydrogen-bond donors (Lipinski definition) is 1. The number of amidine groups is 2. The standard InChI is InChI=1S/C26H22ClN5OS/c1-14-7-5-6-8-20(14)25-30-32-23(28)21(24(33)29-26(32)34-25)12-18-11-16(3)31(17(18)4)19-10-9-15(2)22(27)13-19/h5-13,28H,1-4H3/b21-12-,28-23?. The van der Waals surface area contributed by atoms with Crippen LogP contribution in [0.4, 0.5) is 0 Å². The van der Waals surface area contributed by atoms with Crippen LogP contribution in [0.1, 0.15) is 33.6 Å². The second-order valence-electron chi connectivity index (χ2n) is 8.34. The molecule has 2 aliphatic heterocycles. The highest BCUT2D eigenvalue weighted by Gasteiger charge is 2.36. The van der Waals surface area contributed by atoms with Gasteiger partial charge in [0.15, 0.2) is 5.84 Å². The van der Waals surface area contributed by atoms with E-state index in [0.717, 1.165) is 44.4 Å². The van der Waals surface area contributed by atoms with Crippen LogP contribution in [0.15, 0.2) is 64.2 Å². The summed E-state index contributed by atoms with van der Waals surface area (Å²) in [5.41, 5.74) is 7.00. The van der Waals surface area contributed by atoms with Gasteiger partial charge in [-0.2, -0.15) is 15.1 Å². The minimum Gasteiger partial charge on any atom is -0.318 e. The van der Waals surface area contributed by atoms with Crippen LogP contribution in [0.5, 0.6) is 0 Å². The number of rotatable bonds is 3. The van der Waals surface area contributed by atoms with E-state index < -0.39 is 5.91 Å². The fourth-order valence-electron chi connectivity index (χ4n) is 4.12. The number of carbonyl (C=O) groups excluding carboxylic acids is 1. The molecule has 2 aliphatic rings. The highest BCUT2D eigenvalue weighted by atomic mass is 35.5.